The number of methoxy groups -OCH3 is 1. The fourth-order valence-corrected chi connectivity index (χ4v) is 4.59. The van der Waals surface area contributed by atoms with Crippen LogP contribution in [0.4, 0.5) is 0 Å². The minimum absolute atomic E-state index is 0.0171. The zero-order chi connectivity index (χ0) is 20.1. The smallest absolute Gasteiger partial charge is 0.253 e. The number of piperidine rings is 1. The Morgan fingerprint density at radius 2 is 1.93 bits per heavy atom. The normalized spacial score (nSPS) is 23.3. The number of carbonyl (C=O) groups is 1. The molecular formula is C23H31N3O3. The number of rotatable bonds is 5. The fraction of sp³-hybridized carbons (Fsp3) is 0.522. The van der Waals surface area contributed by atoms with E-state index in [4.69, 9.17) is 9.47 Å². The quantitative estimate of drug-likeness (QED) is 0.778. The molecule has 0 radical (unpaired) electrons. The van der Waals surface area contributed by atoms with Crippen LogP contribution in [0.15, 0.2) is 48.8 Å². The predicted molar refractivity (Wildman–Crippen MR) is 112 cm³/mol. The number of hydrogen-bond donors (Lipinski definition) is 0. The van der Waals surface area contributed by atoms with E-state index in [1.165, 1.54) is 0 Å². The van der Waals surface area contributed by atoms with Crippen molar-refractivity contribution in [2.45, 2.75) is 12.8 Å². The second kappa shape index (κ2) is 9.11. The molecule has 6 nitrogen and oxygen atoms in total. The minimum atomic E-state index is 0.0171. The molecular weight excluding hydrogens is 366 g/mol. The molecule has 156 valence electrons. The number of nitrogens with zero attached hydrogens (tertiary/aromatic N) is 3. The van der Waals surface area contributed by atoms with E-state index in [-0.39, 0.29) is 11.3 Å². The van der Waals surface area contributed by atoms with Gasteiger partial charge in [-0.1, -0.05) is 0 Å². The molecule has 1 spiro atoms. The van der Waals surface area contributed by atoms with E-state index >= 15 is 0 Å². The first-order chi connectivity index (χ1) is 14.2. The van der Waals surface area contributed by atoms with Crippen LogP contribution in [0.5, 0.6) is 0 Å². The van der Waals surface area contributed by atoms with E-state index in [2.05, 4.69) is 4.90 Å². The minimum Gasteiger partial charge on any atom is -0.383 e. The highest BCUT2D eigenvalue weighted by atomic mass is 16.5. The van der Waals surface area contributed by atoms with Crippen molar-refractivity contribution >= 4 is 5.91 Å². The van der Waals surface area contributed by atoms with Gasteiger partial charge in [-0.25, -0.2) is 0 Å². The third kappa shape index (κ3) is 4.71. The molecule has 1 aromatic carbocycles. The highest BCUT2D eigenvalue weighted by molar-refractivity contribution is 5.94. The first kappa shape index (κ1) is 20.1. The third-order valence-electron chi connectivity index (χ3n) is 6.10. The number of benzene rings is 1. The Hall–Kier alpha value is -2.15. The summed E-state index contributed by atoms with van der Waals surface area (Å²) in [6.45, 7) is 6.59. The van der Waals surface area contributed by atoms with Crippen LogP contribution in [0.25, 0.3) is 5.69 Å². The van der Waals surface area contributed by atoms with Gasteiger partial charge in [0.25, 0.3) is 5.91 Å². The molecule has 0 aliphatic carbocycles. The Kier molecular flexibility index (Phi) is 6.33. The summed E-state index contributed by atoms with van der Waals surface area (Å²) in [5.41, 5.74) is 1.83. The number of hydrogen-bond acceptors (Lipinski definition) is 4. The second-order valence-electron chi connectivity index (χ2n) is 8.29. The summed E-state index contributed by atoms with van der Waals surface area (Å²) < 4.78 is 13.3. The lowest BCUT2D eigenvalue weighted by Gasteiger charge is -2.43. The van der Waals surface area contributed by atoms with Crippen molar-refractivity contribution in [2.75, 3.05) is 59.7 Å². The van der Waals surface area contributed by atoms with Crippen molar-refractivity contribution in [1.82, 2.24) is 14.4 Å². The van der Waals surface area contributed by atoms with Crippen molar-refractivity contribution < 1.29 is 14.3 Å². The molecule has 0 unspecified atom stereocenters. The molecule has 6 heteroatoms. The van der Waals surface area contributed by atoms with Gasteiger partial charge in [0.05, 0.1) is 19.8 Å². The molecule has 2 aliphatic heterocycles. The Balaban J connectivity index is 1.45. The van der Waals surface area contributed by atoms with Crippen LogP contribution in [0.2, 0.25) is 0 Å². The number of aromatic nitrogens is 1. The molecule has 4 rings (SSSR count). The Bertz CT molecular complexity index is 790. The van der Waals surface area contributed by atoms with E-state index in [1.54, 1.807) is 7.11 Å². The zero-order valence-electron chi connectivity index (χ0n) is 17.3. The summed E-state index contributed by atoms with van der Waals surface area (Å²) in [5, 5.41) is 0. The molecule has 0 bridgehead atoms. The van der Waals surface area contributed by atoms with Gasteiger partial charge in [-0.05, 0) is 49.2 Å². The summed E-state index contributed by atoms with van der Waals surface area (Å²) in [4.78, 5) is 17.7. The molecule has 29 heavy (non-hydrogen) atoms. The average molecular weight is 398 g/mol. The van der Waals surface area contributed by atoms with Crippen molar-refractivity contribution in [3.8, 4) is 5.69 Å². The number of ether oxygens (including phenoxy) is 2. The maximum absolute atomic E-state index is 13.2. The first-order valence-electron chi connectivity index (χ1n) is 10.5. The largest absolute Gasteiger partial charge is 0.383 e. The van der Waals surface area contributed by atoms with Gasteiger partial charge < -0.3 is 18.9 Å². The van der Waals surface area contributed by atoms with Crippen LogP contribution >= 0.6 is 0 Å². The van der Waals surface area contributed by atoms with Crippen molar-refractivity contribution in [2.24, 2.45) is 5.41 Å². The number of amides is 1. The van der Waals surface area contributed by atoms with E-state index in [9.17, 15) is 4.79 Å². The third-order valence-corrected chi connectivity index (χ3v) is 6.10. The van der Waals surface area contributed by atoms with Gasteiger partial charge in [0.2, 0.25) is 0 Å². The maximum Gasteiger partial charge on any atom is 0.253 e. The Labute approximate surface area is 173 Å². The Morgan fingerprint density at radius 3 is 2.69 bits per heavy atom. The molecule has 2 aliphatic rings. The lowest BCUT2D eigenvalue weighted by atomic mass is 9.80. The van der Waals surface area contributed by atoms with E-state index in [1.807, 2.05) is 58.3 Å². The van der Waals surface area contributed by atoms with E-state index in [0.717, 1.165) is 76.6 Å². The number of likely N-dealkylation sites (tertiary alicyclic amines) is 1. The van der Waals surface area contributed by atoms with Crippen LogP contribution < -0.4 is 0 Å². The van der Waals surface area contributed by atoms with Crippen LogP contribution in [-0.4, -0.2) is 79.9 Å². The van der Waals surface area contributed by atoms with Crippen LogP contribution in [0, 0.1) is 5.41 Å². The second-order valence-corrected chi connectivity index (χ2v) is 8.29. The molecule has 0 saturated carbocycles. The molecule has 1 atom stereocenters. The van der Waals surface area contributed by atoms with Crippen molar-refractivity contribution in [3.05, 3.63) is 54.4 Å². The molecule has 2 fully saturated rings. The van der Waals surface area contributed by atoms with Gasteiger partial charge in [-0.15, -0.1) is 0 Å². The zero-order valence-corrected chi connectivity index (χ0v) is 17.3. The van der Waals surface area contributed by atoms with Crippen LogP contribution in [-0.2, 0) is 9.47 Å². The molecule has 2 aromatic rings. The monoisotopic (exact) mass is 397 g/mol. The van der Waals surface area contributed by atoms with E-state index in [0.29, 0.717) is 0 Å². The number of carbonyl (C=O) groups excluding carboxylic acids is 1. The predicted octanol–water partition coefficient (Wildman–Crippen LogP) is 2.68. The van der Waals surface area contributed by atoms with Crippen LogP contribution in [0.3, 0.4) is 0 Å². The SMILES string of the molecule is COCCN1CCOC[C@@]2(CCCN(C(=O)c3ccc(-n4cccc4)cc3)C2)C1. The highest BCUT2D eigenvalue weighted by Crippen LogP contribution is 2.33. The highest BCUT2D eigenvalue weighted by Gasteiger charge is 2.40. The molecule has 0 N–H and O–H groups in total. The summed E-state index contributed by atoms with van der Waals surface area (Å²) in [7, 11) is 1.74. The standard InChI is InChI=1S/C23H31N3O3/c1-28-15-13-24-14-16-29-19-23(17-24)9-4-12-26(18-23)22(27)20-5-7-21(8-6-20)25-10-2-3-11-25/h2-3,5-8,10-11H,4,9,12-19H2,1H3/t23-/m0/s1. The average Bonchev–Trinajstić information content (AvgIpc) is 3.23. The lowest BCUT2D eigenvalue weighted by Crippen LogP contribution is -2.52. The molecule has 1 amide bonds. The van der Waals surface area contributed by atoms with Gasteiger partial charge in [0.15, 0.2) is 0 Å². The molecule has 3 heterocycles. The summed E-state index contributed by atoms with van der Waals surface area (Å²) in [5.74, 6) is 0.121. The Morgan fingerprint density at radius 1 is 1.14 bits per heavy atom. The van der Waals surface area contributed by atoms with Crippen LogP contribution in [0.1, 0.15) is 23.2 Å². The lowest BCUT2D eigenvalue weighted by molar-refractivity contribution is 0.00620. The summed E-state index contributed by atoms with van der Waals surface area (Å²) >= 11 is 0. The fourth-order valence-electron chi connectivity index (χ4n) is 4.59. The topological polar surface area (TPSA) is 46.9 Å². The summed E-state index contributed by atoms with van der Waals surface area (Å²) in [6.07, 6.45) is 6.14. The van der Waals surface area contributed by atoms with Gasteiger partial charge in [0, 0.05) is 68.9 Å². The van der Waals surface area contributed by atoms with Gasteiger partial charge in [0.1, 0.15) is 0 Å². The maximum atomic E-state index is 13.2. The van der Waals surface area contributed by atoms with Gasteiger partial charge in [-0.3, -0.25) is 9.69 Å². The van der Waals surface area contributed by atoms with E-state index < -0.39 is 0 Å². The molecule has 2 saturated heterocycles. The first-order valence-corrected chi connectivity index (χ1v) is 10.5. The van der Waals surface area contributed by atoms with Crippen molar-refractivity contribution in [1.29, 1.82) is 0 Å². The summed E-state index contributed by atoms with van der Waals surface area (Å²) in [6, 6.07) is 11.9. The van der Waals surface area contributed by atoms with Gasteiger partial charge in [-0.2, -0.15) is 0 Å². The molecule has 1 aromatic heterocycles. The van der Waals surface area contributed by atoms with Crippen molar-refractivity contribution in [3.63, 3.8) is 0 Å². The van der Waals surface area contributed by atoms with Gasteiger partial charge >= 0.3 is 0 Å².